The molecule has 2 aliphatic heterocycles. The van der Waals surface area contributed by atoms with Gasteiger partial charge < -0.3 is 14.8 Å². The van der Waals surface area contributed by atoms with Crippen LogP contribution in [0.2, 0.25) is 0 Å². The van der Waals surface area contributed by atoms with E-state index in [9.17, 15) is 4.79 Å². The minimum absolute atomic E-state index is 0.0770. The van der Waals surface area contributed by atoms with Gasteiger partial charge >= 0.3 is 0 Å². The van der Waals surface area contributed by atoms with Gasteiger partial charge in [-0.25, -0.2) is 19.9 Å². The minimum atomic E-state index is 0.0770. The van der Waals surface area contributed by atoms with Gasteiger partial charge in [0, 0.05) is 38.3 Å². The Hall–Kier alpha value is -3.03. The van der Waals surface area contributed by atoms with Gasteiger partial charge in [0.05, 0.1) is 11.4 Å². The van der Waals surface area contributed by atoms with Crippen LogP contribution in [0.15, 0.2) is 24.4 Å². The van der Waals surface area contributed by atoms with Gasteiger partial charge in [-0.3, -0.25) is 4.79 Å². The molecule has 0 aromatic carbocycles. The monoisotopic (exact) mass is 403 g/mol. The first-order valence-electron chi connectivity index (χ1n) is 11.0. The molecule has 30 heavy (non-hydrogen) atoms. The number of rotatable bonds is 4. The van der Waals surface area contributed by atoms with E-state index in [1.165, 1.54) is 12.8 Å². The molecule has 1 N–H and O–H groups in total. The van der Waals surface area contributed by atoms with Crippen LogP contribution in [0.3, 0.4) is 0 Å². The number of imidazole rings is 1. The molecule has 1 aliphatic carbocycles. The van der Waals surface area contributed by atoms with Crippen LogP contribution in [-0.4, -0.2) is 61.9 Å². The van der Waals surface area contributed by atoms with E-state index >= 15 is 0 Å². The summed E-state index contributed by atoms with van der Waals surface area (Å²) in [4.78, 5) is 38.8. The topological polar surface area (TPSA) is 90.9 Å². The lowest BCUT2D eigenvalue weighted by atomic mass is 9.95. The number of likely N-dealkylation sites (tertiary alicyclic amines) is 1. The minimum Gasteiger partial charge on any atom is -0.356 e. The average Bonchev–Trinajstić information content (AvgIpc) is 3.51. The normalized spacial score (nSPS) is 21.7. The number of hydrogen-bond acceptors (Lipinski definition) is 6. The Morgan fingerprint density at radius 3 is 2.70 bits per heavy atom. The average molecular weight is 403 g/mol. The van der Waals surface area contributed by atoms with Crippen LogP contribution >= 0.6 is 0 Å². The molecule has 3 aromatic rings. The first-order chi connectivity index (χ1) is 14.7. The number of fused-ring (bicyclic) bond motifs is 1. The molecule has 3 fully saturated rings. The highest BCUT2D eigenvalue weighted by atomic mass is 16.2. The van der Waals surface area contributed by atoms with Crippen LogP contribution in [0.25, 0.3) is 22.7 Å². The highest BCUT2D eigenvalue weighted by Gasteiger charge is 2.32. The van der Waals surface area contributed by atoms with E-state index in [2.05, 4.69) is 19.9 Å². The van der Waals surface area contributed by atoms with Crippen molar-refractivity contribution in [2.24, 2.45) is 5.92 Å². The van der Waals surface area contributed by atoms with Crippen molar-refractivity contribution in [3.05, 3.63) is 30.2 Å². The van der Waals surface area contributed by atoms with Crippen molar-refractivity contribution in [3.8, 4) is 11.5 Å². The molecule has 8 nitrogen and oxygen atoms in total. The number of carbonyl (C=O) groups excluding carboxylic acids is 1. The van der Waals surface area contributed by atoms with E-state index < -0.39 is 0 Å². The maximum Gasteiger partial charge on any atom is 0.227 e. The largest absolute Gasteiger partial charge is 0.356 e. The van der Waals surface area contributed by atoms with Gasteiger partial charge in [0.2, 0.25) is 5.91 Å². The van der Waals surface area contributed by atoms with Crippen molar-refractivity contribution in [2.45, 2.75) is 38.0 Å². The molecule has 6 rings (SSSR count). The zero-order chi connectivity index (χ0) is 20.1. The van der Waals surface area contributed by atoms with E-state index in [1.807, 2.05) is 29.3 Å². The van der Waals surface area contributed by atoms with Gasteiger partial charge in [-0.2, -0.15) is 0 Å². The van der Waals surface area contributed by atoms with Crippen molar-refractivity contribution < 1.29 is 4.79 Å². The first-order valence-corrected chi connectivity index (χ1v) is 11.0. The van der Waals surface area contributed by atoms with E-state index in [0.29, 0.717) is 17.5 Å². The molecule has 0 radical (unpaired) electrons. The third-order valence-electron chi connectivity index (χ3n) is 6.45. The van der Waals surface area contributed by atoms with Crippen molar-refractivity contribution in [1.29, 1.82) is 0 Å². The second kappa shape index (κ2) is 7.04. The van der Waals surface area contributed by atoms with Crippen molar-refractivity contribution in [3.63, 3.8) is 0 Å². The van der Waals surface area contributed by atoms with Crippen LogP contribution in [0.5, 0.6) is 0 Å². The standard InChI is InChI=1S/C22H25N7O/c30-22(28-11-2-12-28)15-3-1-10-29(13-15)18-7-6-16-21(26-18)27-20(25-16)17-8-9-23-19(24-17)14-4-5-14/h6-9,14-15H,1-5,10-13H2,(H,25,26,27). The fourth-order valence-electron chi connectivity index (χ4n) is 4.41. The molecule has 154 valence electrons. The summed E-state index contributed by atoms with van der Waals surface area (Å²) in [7, 11) is 0. The fraction of sp³-hybridized carbons (Fsp3) is 0.500. The number of H-pyrrole nitrogens is 1. The smallest absolute Gasteiger partial charge is 0.227 e. The lowest BCUT2D eigenvalue weighted by Crippen LogP contribution is -2.49. The molecule has 2 saturated heterocycles. The number of aromatic amines is 1. The third kappa shape index (κ3) is 3.20. The lowest BCUT2D eigenvalue weighted by molar-refractivity contribution is -0.139. The summed E-state index contributed by atoms with van der Waals surface area (Å²) >= 11 is 0. The number of aromatic nitrogens is 5. The summed E-state index contributed by atoms with van der Waals surface area (Å²) in [6.45, 7) is 3.50. The molecule has 1 atom stereocenters. The van der Waals surface area contributed by atoms with Crippen molar-refractivity contribution >= 4 is 22.9 Å². The van der Waals surface area contributed by atoms with E-state index in [0.717, 1.165) is 74.1 Å². The third-order valence-corrected chi connectivity index (χ3v) is 6.45. The Morgan fingerprint density at radius 1 is 1.00 bits per heavy atom. The van der Waals surface area contributed by atoms with Gasteiger partial charge in [0.25, 0.3) is 0 Å². The van der Waals surface area contributed by atoms with E-state index in [-0.39, 0.29) is 5.92 Å². The summed E-state index contributed by atoms with van der Waals surface area (Å²) in [5, 5.41) is 0. The molecule has 1 saturated carbocycles. The molecule has 3 aliphatic rings. The lowest BCUT2D eigenvalue weighted by Gasteiger charge is -2.38. The predicted molar refractivity (Wildman–Crippen MR) is 113 cm³/mol. The van der Waals surface area contributed by atoms with Gasteiger partial charge in [0.15, 0.2) is 11.5 Å². The van der Waals surface area contributed by atoms with Crippen LogP contribution in [-0.2, 0) is 4.79 Å². The Morgan fingerprint density at radius 2 is 1.90 bits per heavy atom. The summed E-state index contributed by atoms with van der Waals surface area (Å²) < 4.78 is 0. The summed E-state index contributed by atoms with van der Waals surface area (Å²) in [5.74, 6) is 3.42. The molecule has 3 aromatic heterocycles. The number of pyridine rings is 1. The number of amides is 1. The number of carbonyl (C=O) groups is 1. The van der Waals surface area contributed by atoms with Crippen molar-refractivity contribution in [1.82, 2.24) is 29.8 Å². The Bertz CT molecular complexity index is 1100. The van der Waals surface area contributed by atoms with Crippen LogP contribution in [0.1, 0.15) is 43.8 Å². The Balaban J connectivity index is 1.25. The van der Waals surface area contributed by atoms with E-state index in [4.69, 9.17) is 9.97 Å². The van der Waals surface area contributed by atoms with Crippen molar-refractivity contribution in [2.75, 3.05) is 31.1 Å². The molecular weight excluding hydrogens is 378 g/mol. The fourth-order valence-corrected chi connectivity index (χ4v) is 4.41. The second-order valence-corrected chi connectivity index (χ2v) is 8.66. The van der Waals surface area contributed by atoms with Crippen LogP contribution < -0.4 is 4.90 Å². The number of anilines is 1. The molecule has 1 unspecified atom stereocenters. The maximum absolute atomic E-state index is 12.7. The molecule has 0 spiro atoms. The number of nitrogens with zero attached hydrogens (tertiary/aromatic N) is 6. The van der Waals surface area contributed by atoms with Crippen LogP contribution in [0.4, 0.5) is 5.82 Å². The predicted octanol–water partition coefficient (Wildman–Crippen LogP) is 2.74. The quantitative estimate of drug-likeness (QED) is 0.720. The number of nitrogens with one attached hydrogen (secondary N) is 1. The van der Waals surface area contributed by atoms with Crippen LogP contribution in [0, 0.1) is 5.92 Å². The zero-order valence-corrected chi connectivity index (χ0v) is 16.9. The SMILES string of the molecule is O=C(C1CCCN(c2ccc3[nH]c(-c4ccnc(C5CC5)n4)nc3n2)C1)N1CCC1. The van der Waals surface area contributed by atoms with E-state index in [1.54, 1.807) is 0 Å². The maximum atomic E-state index is 12.7. The van der Waals surface area contributed by atoms with Gasteiger partial charge in [-0.05, 0) is 50.3 Å². The number of hydrogen-bond donors (Lipinski definition) is 1. The zero-order valence-electron chi connectivity index (χ0n) is 16.9. The summed E-state index contributed by atoms with van der Waals surface area (Å²) in [6.07, 6.45) is 7.27. The Labute approximate surface area is 174 Å². The first kappa shape index (κ1) is 17.8. The number of piperidine rings is 1. The van der Waals surface area contributed by atoms with Gasteiger partial charge in [-0.15, -0.1) is 0 Å². The summed E-state index contributed by atoms with van der Waals surface area (Å²) in [6, 6.07) is 5.94. The summed E-state index contributed by atoms with van der Waals surface area (Å²) in [5.41, 5.74) is 2.39. The molecule has 5 heterocycles. The highest BCUT2D eigenvalue weighted by Crippen LogP contribution is 2.38. The molecular formula is C22H25N7O. The molecule has 8 heteroatoms. The van der Waals surface area contributed by atoms with Gasteiger partial charge in [0.1, 0.15) is 17.3 Å². The molecule has 1 amide bonds. The second-order valence-electron chi connectivity index (χ2n) is 8.66. The van der Waals surface area contributed by atoms with Gasteiger partial charge in [-0.1, -0.05) is 0 Å². The highest BCUT2D eigenvalue weighted by molar-refractivity contribution is 5.81. The molecule has 0 bridgehead atoms. The Kier molecular flexibility index (Phi) is 4.17.